The van der Waals surface area contributed by atoms with Gasteiger partial charge in [-0.2, -0.15) is 0 Å². The van der Waals surface area contributed by atoms with E-state index in [1.54, 1.807) is 4.90 Å². The molecule has 2 N–H and O–H groups in total. The predicted molar refractivity (Wildman–Crippen MR) is 78.9 cm³/mol. The van der Waals surface area contributed by atoms with Gasteiger partial charge >= 0.3 is 0 Å². The SMILES string of the molecule is CN(C(=O)C1CCCC1(C)C)c1ccc(CN)cc1. The van der Waals surface area contributed by atoms with Crippen LogP contribution in [-0.4, -0.2) is 13.0 Å². The highest BCUT2D eigenvalue weighted by atomic mass is 16.2. The van der Waals surface area contributed by atoms with E-state index in [0.29, 0.717) is 6.54 Å². The number of nitrogens with zero attached hydrogens (tertiary/aromatic N) is 1. The lowest BCUT2D eigenvalue weighted by Crippen LogP contribution is -2.37. The van der Waals surface area contributed by atoms with Crippen molar-refractivity contribution in [3.63, 3.8) is 0 Å². The van der Waals surface area contributed by atoms with Crippen molar-refractivity contribution in [1.29, 1.82) is 0 Å². The highest BCUT2D eigenvalue weighted by molar-refractivity contribution is 5.95. The Hall–Kier alpha value is -1.35. The maximum Gasteiger partial charge on any atom is 0.230 e. The second-order valence-electron chi connectivity index (χ2n) is 6.20. The van der Waals surface area contributed by atoms with E-state index in [2.05, 4.69) is 13.8 Å². The van der Waals surface area contributed by atoms with Crippen LogP contribution in [-0.2, 0) is 11.3 Å². The highest BCUT2D eigenvalue weighted by Crippen LogP contribution is 2.43. The molecule has 1 amide bonds. The highest BCUT2D eigenvalue weighted by Gasteiger charge is 2.40. The molecule has 0 heterocycles. The first-order chi connectivity index (χ1) is 8.95. The van der Waals surface area contributed by atoms with Crippen LogP contribution in [0.2, 0.25) is 0 Å². The van der Waals surface area contributed by atoms with E-state index >= 15 is 0 Å². The monoisotopic (exact) mass is 260 g/mol. The van der Waals surface area contributed by atoms with Gasteiger partial charge in [0.15, 0.2) is 0 Å². The van der Waals surface area contributed by atoms with Crippen molar-refractivity contribution < 1.29 is 4.79 Å². The van der Waals surface area contributed by atoms with Crippen molar-refractivity contribution >= 4 is 11.6 Å². The second-order valence-corrected chi connectivity index (χ2v) is 6.20. The second kappa shape index (κ2) is 5.33. The average molecular weight is 260 g/mol. The Labute approximate surface area is 115 Å². The number of carbonyl (C=O) groups excluding carboxylic acids is 1. The summed E-state index contributed by atoms with van der Waals surface area (Å²) in [4.78, 5) is 14.4. The predicted octanol–water partition coefficient (Wildman–Crippen LogP) is 2.93. The first kappa shape index (κ1) is 14.1. The Morgan fingerprint density at radius 3 is 2.47 bits per heavy atom. The number of anilines is 1. The Morgan fingerprint density at radius 2 is 2.00 bits per heavy atom. The standard InChI is InChI=1S/C16H24N2O/c1-16(2)10-4-5-14(16)15(19)18(3)13-8-6-12(11-17)7-9-13/h6-9,14H,4-5,10-11,17H2,1-3H3. The van der Waals surface area contributed by atoms with Gasteiger partial charge in [-0.05, 0) is 36.0 Å². The van der Waals surface area contributed by atoms with Crippen molar-refractivity contribution in [3.05, 3.63) is 29.8 Å². The minimum atomic E-state index is 0.128. The van der Waals surface area contributed by atoms with E-state index in [4.69, 9.17) is 5.73 Å². The maximum absolute atomic E-state index is 12.6. The molecule has 1 aliphatic carbocycles. The van der Waals surface area contributed by atoms with Crippen LogP contribution in [0.15, 0.2) is 24.3 Å². The lowest BCUT2D eigenvalue weighted by Gasteiger charge is -2.30. The zero-order chi connectivity index (χ0) is 14.0. The summed E-state index contributed by atoms with van der Waals surface area (Å²) >= 11 is 0. The Kier molecular flexibility index (Phi) is 3.95. The molecule has 1 aromatic rings. The maximum atomic E-state index is 12.6. The summed E-state index contributed by atoms with van der Waals surface area (Å²) in [7, 11) is 1.87. The number of benzene rings is 1. The van der Waals surface area contributed by atoms with Crippen LogP contribution in [0.3, 0.4) is 0 Å². The summed E-state index contributed by atoms with van der Waals surface area (Å²) < 4.78 is 0. The van der Waals surface area contributed by atoms with Gasteiger partial charge in [0.25, 0.3) is 0 Å². The molecular weight excluding hydrogens is 236 g/mol. The molecule has 104 valence electrons. The fourth-order valence-electron chi connectivity index (χ4n) is 3.00. The number of carbonyl (C=O) groups is 1. The van der Waals surface area contributed by atoms with Gasteiger partial charge in [-0.3, -0.25) is 4.79 Å². The van der Waals surface area contributed by atoms with Crippen molar-refractivity contribution in [1.82, 2.24) is 0 Å². The van der Waals surface area contributed by atoms with Crippen molar-refractivity contribution in [2.45, 2.75) is 39.7 Å². The number of hydrogen-bond donors (Lipinski definition) is 1. The average Bonchev–Trinajstić information content (AvgIpc) is 2.77. The zero-order valence-electron chi connectivity index (χ0n) is 12.1. The summed E-state index contributed by atoms with van der Waals surface area (Å²) in [6, 6.07) is 7.92. The summed E-state index contributed by atoms with van der Waals surface area (Å²) in [5.41, 5.74) is 7.76. The molecule has 3 heteroatoms. The van der Waals surface area contributed by atoms with E-state index < -0.39 is 0 Å². The van der Waals surface area contributed by atoms with E-state index in [-0.39, 0.29) is 17.2 Å². The van der Waals surface area contributed by atoms with Gasteiger partial charge in [-0.1, -0.05) is 32.4 Å². The number of amides is 1. The molecule has 0 saturated heterocycles. The third-order valence-electron chi connectivity index (χ3n) is 4.45. The molecule has 0 aromatic heterocycles. The van der Waals surface area contributed by atoms with Gasteiger partial charge < -0.3 is 10.6 Å². The van der Waals surface area contributed by atoms with Gasteiger partial charge in [0.2, 0.25) is 5.91 Å². The topological polar surface area (TPSA) is 46.3 Å². The molecular formula is C16H24N2O. The summed E-state index contributed by atoms with van der Waals surface area (Å²) in [6.07, 6.45) is 3.31. The lowest BCUT2D eigenvalue weighted by molar-refractivity contribution is -0.124. The number of nitrogens with two attached hydrogens (primary N) is 1. The van der Waals surface area contributed by atoms with E-state index in [1.165, 1.54) is 0 Å². The van der Waals surface area contributed by atoms with Crippen molar-refractivity contribution in [3.8, 4) is 0 Å². The smallest absolute Gasteiger partial charge is 0.230 e. The molecule has 0 aliphatic heterocycles. The minimum absolute atomic E-state index is 0.128. The molecule has 2 rings (SSSR count). The molecule has 3 nitrogen and oxygen atoms in total. The Morgan fingerprint density at radius 1 is 1.37 bits per heavy atom. The normalized spacial score (nSPS) is 21.4. The first-order valence-electron chi connectivity index (χ1n) is 7.02. The van der Waals surface area contributed by atoms with Crippen molar-refractivity contribution in [2.75, 3.05) is 11.9 Å². The van der Waals surface area contributed by atoms with E-state index in [0.717, 1.165) is 30.5 Å². The summed E-state index contributed by atoms with van der Waals surface area (Å²) in [6.45, 7) is 4.94. The van der Waals surface area contributed by atoms with Crippen molar-refractivity contribution in [2.24, 2.45) is 17.1 Å². The number of rotatable bonds is 3. The van der Waals surface area contributed by atoms with Gasteiger partial charge in [0, 0.05) is 25.2 Å². The molecule has 1 saturated carbocycles. The minimum Gasteiger partial charge on any atom is -0.326 e. The lowest BCUT2D eigenvalue weighted by atomic mass is 9.81. The largest absolute Gasteiger partial charge is 0.326 e. The molecule has 19 heavy (non-hydrogen) atoms. The molecule has 1 atom stereocenters. The third-order valence-corrected chi connectivity index (χ3v) is 4.45. The summed E-state index contributed by atoms with van der Waals surface area (Å²) in [5.74, 6) is 0.384. The summed E-state index contributed by atoms with van der Waals surface area (Å²) in [5, 5.41) is 0. The Balaban J connectivity index is 2.14. The quantitative estimate of drug-likeness (QED) is 0.908. The fraction of sp³-hybridized carbons (Fsp3) is 0.562. The zero-order valence-corrected chi connectivity index (χ0v) is 12.1. The molecule has 1 fully saturated rings. The molecule has 0 radical (unpaired) electrons. The van der Waals surface area contributed by atoms with Crippen LogP contribution in [0.4, 0.5) is 5.69 Å². The molecule has 1 aromatic carbocycles. The molecule has 0 spiro atoms. The van der Waals surface area contributed by atoms with Crippen LogP contribution >= 0.6 is 0 Å². The molecule has 1 unspecified atom stereocenters. The first-order valence-corrected chi connectivity index (χ1v) is 7.02. The van der Waals surface area contributed by atoms with Crippen LogP contribution in [0, 0.1) is 11.3 Å². The fourth-order valence-corrected chi connectivity index (χ4v) is 3.00. The van der Waals surface area contributed by atoms with Gasteiger partial charge in [0.05, 0.1) is 0 Å². The van der Waals surface area contributed by atoms with Gasteiger partial charge in [-0.15, -0.1) is 0 Å². The van der Waals surface area contributed by atoms with E-state index in [9.17, 15) is 4.79 Å². The van der Waals surface area contributed by atoms with E-state index in [1.807, 2.05) is 31.3 Å². The molecule has 1 aliphatic rings. The van der Waals surface area contributed by atoms with Crippen LogP contribution in [0.5, 0.6) is 0 Å². The van der Waals surface area contributed by atoms with Crippen LogP contribution < -0.4 is 10.6 Å². The number of hydrogen-bond acceptors (Lipinski definition) is 2. The third kappa shape index (κ3) is 2.81. The van der Waals surface area contributed by atoms with Gasteiger partial charge in [-0.25, -0.2) is 0 Å². The Bertz CT molecular complexity index is 450. The van der Waals surface area contributed by atoms with Crippen LogP contribution in [0.1, 0.15) is 38.7 Å². The van der Waals surface area contributed by atoms with Crippen LogP contribution in [0.25, 0.3) is 0 Å². The van der Waals surface area contributed by atoms with Gasteiger partial charge in [0.1, 0.15) is 0 Å². The molecule has 0 bridgehead atoms.